The van der Waals surface area contributed by atoms with Crippen molar-refractivity contribution in [1.82, 2.24) is 0 Å². The van der Waals surface area contributed by atoms with Crippen LogP contribution in [-0.2, 0) is 11.3 Å². The van der Waals surface area contributed by atoms with E-state index >= 15 is 0 Å². The van der Waals surface area contributed by atoms with Gasteiger partial charge in [0.25, 0.3) is 0 Å². The molecule has 0 N–H and O–H groups in total. The summed E-state index contributed by atoms with van der Waals surface area (Å²) in [7, 11) is 0. The molecule has 0 saturated carbocycles. The van der Waals surface area contributed by atoms with Crippen LogP contribution in [0.15, 0.2) is 66.7 Å². The monoisotopic (exact) mass is 360 g/mol. The fourth-order valence-corrected chi connectivity index (χ4v) is 2.44. The fraction of sp³-hybridized carbons (Fsp3) is 0.150. The molecular weight excluding hydrogens is 345 g/mol. The Morgan fingerprint density at radius 2 is 1.65 bits per heavy atom. The quantitative estimate of drug-likeness (QED) is 0.591. The van der Waals surface area contributed by atoms with Gasteiger partial charge in [-0.1, -0.05) is 42.5 Å². The summed E-state index contributed by atoms with van der Waals surface area (Å²) in [6, 6.07) is 19.7. The molecule has 0 aliphatic rings. The number of carbonyl (C=O) groups is 1. The lowest BCUT2D eigenvalue weighted by molar-refractivity contribution is -0.161. The molecule has 0 bridgehead atoms. The van der Waals surface area contributed by atoms with Crippen molar-refractivity contribution in [2.45, 2.75) is 12.8 Å². The molecule has 0 fully saturated rings. The van der Waals surface area contributed by atoms with E-state index in [1.54, 1.807) is 12.1 Å². The number of fused-ring (bicyclic) bond motifs is 1. The number of benzene rings is 3. The van der Waals surface area contributed by atoms with E-state index in [1.165, 1.54) is 12.1 Å². The Labute approximate surface area is 148 Å². The van der Waals surface area contributed by atoms with Gasteiger partial charge in [0.05, 0.1) is 5.56 Å². The number of carbonyl (C=O) groups excluding carboxylic acids is 1. The Kier molecular flexibility index (Phi) is 5.11. The Morgan fingerprint density at radius 3 is 2.42 bits per heavy atom. The molecule has 26 heavy (non-hydrogen) atoms. The van der Waals surface area contributed by atoms with Crippen molar-refractivity contribution in [3.63, 3.8) is 0 Å². The van der Waals surface area contributed by atoms with Gasteiger partial charge >= 0.3 is 12.1 Å². The first kappa shape index (κ1) is 17.8. The zero-order valence-electron chi connectivity index (χ0n) is 13.6. The predicted octanol–water partition coefficient (Wildman–Crippen LogP) is 5.14. The van der Waals surface area contributed by atoms with Gasteiger partial charge in [-0.05, 0) is 40.6 Å². The second-order valence-electron chi connectivity index (χ2n) is 5.69. The third-order valence-electron chi connectivity index (χ3n) is 3.66. The maximum Gasteiger partial charge on any atom is 0.422 e. The molecule has 0 aliphatic carbocycles. The summed E-state index contributed by atoms with van der Waals surface area (Å²) in [5, 5.41) is 2.13. The molecule has 3 aromatic rings. The molecule has 0 heterocycles. The molecule has 0 aromatic heterocycles. The molecule has 0 radical (unpaired) electrons. The molecule has 6 heteroatoms. The first-order valence-corrected chi connectivity index (χ1v) is 7.85. The van der Waals surface area contributed by atoms with Gasteiger partial charge in [0.1, 0.15) is 12.4 Å². The minimum atomic E-state index is -4.55. The van der Waals surface area contributed by atoms with E-state index in [-0.39, 0.29) is 12.2 Å². The van der Waals surface area contributed by atoms with Gasteiger partial charge in [-0.15, -0.1) is 0 Å². The molecule has 0 aliphatic heterocycles. The van der Waals surface area contributed by atoms with Crippen LogP contribution in [0.2, 0.25) is 0 Å². The van der Waals surface area contributed by atoms with E-state index in [0.29, 0.717) is 11.3 Å². The number of hydrogen-bond acceptors (Lipinski definition) is 3. The maximum atomic E-state index is 12.1. The summed E-state index contributed by atoms with van der Waals surface area (Å²) in [5.41, 5.74) is 0.702. The highest BCUT2D eigenvalue weighted by Gasteiger charge is 2.29. The largest absolute Gasteiger partial charge is 0.489 e. The van der Waals surface area contributed by atoms with Crippen LogP contribution in [0.4, 0.5) is 13.2 Å². The smallest absolute Gasteiger partial charge is 0.422 e. The Balaban J connectivity index is 1.65. The molecule has 0 amide bonds. The number of esters is 1. The minimum absolute atomic E-state index is 0.0499. The van der Waals surface area contributed by atoms with E-state index in [1.807, 2.05) is 42.5 Å². The number of rotatable bonds is 5. The Morgan fingerprint density at radius 1 is 0.885 bits per heavy atom. The highest BCUT2D eigenvalue weighted by Crippen LogP contribution is 2.22. The van der Waals surface area contributed by atoms with Crippen LogP contribution in [0.3, 0.4) is 0 Å². The van der Waals surface area contributed by atoms with E-state index in [4.69, 9.17) is 4.74 Å². The van der Waals surface area contributed by atoms with Crippen LogP contribution in [0.25, 0.3) is 10.8 Å². The van der Waals surface area contributed by atoms with Crippen LogP contribution in [0, 0.1) is 0 Å². The van der Waals surface area contributed by atoms with Crippen LogP contribution in [0.1, 0.15) is 15.9 Å². The summed E-state index contributed by atoms with van der Waals surface area (Å²) in [4.78, 5) is 11.7. The zero-order chi connectivity index (χ0) is 18.6. The summed E-state index contributed by atoms with van der Waals surface area (Å²) in [6.07, 6.45) is -4.55. The van der Waals surface area contributed by atoms with Gasteiger partial charge in [-0.25, -0.2) is 4.79 Å². The standard InChI is InChI=1S/C20H15F3O3/c21-20(22,23)13-26-19(24)17-7-3-4-14(10-17)12-25-18-9-8-15-5-1-2-6-16(15)11-18/h1-11H,12-13H2. The van der Waals surface area contributed by atoms with E-state index in [2.05, 4.69) is 4.74 Å². The summed E-state index contributed by atoms with van der Waals surface area (Å²) < 4.78 is 46.4. The average molecular weight is 360 g/mol. The lowest BCUT2D eigenvalue weighted by Gasteiger charge is -2.10. The number of halogens is 3. The predicted molar refractivity (Wildman–Crippen MR) is 91.1 cm³/mol. The molecule has 134 valence electrons. The molecule has 3 nitrogen and oxygen atoms in total. The molecule has 3 rings (SSSR count). The van der Waals surface area contributed by atoms with E-state index in [9.17, 15) is 18.0 Å². The second kappa shape index (κ2) is 7.47. The number of hydrogen-bond donors (Lipinski definition) is 0. The van der Waals surface area contributed by atoms with Gasteiger partial charge in [0.2, 0.25) is 0 Å². The Bertz CT molecular complexity index is 919. The number of alkyl halides is 3. The van der Waals surface area contributed by atoms with Crippen molar-refractivity contribution >= 4 is 16.7 Å². The normalized spacial score (nSPS) is 11.3. The summed E-state index contributed by atoms with van der Waals surface area (Å²) >= 11 is 0. The van der Waals surface area contributed by atoms with Crippen LogP contribution in [-0.4, -0.2) is 18.8 Å². The molecule has 0 saturated heterocycles. The SMILES string of the molecule is O=C(OCC(F)(F)F)c1cccc(COc2ccc3ccccc3c2)c1. The first-order valence-electron chi connectivity index (χ1n) is 7.85. The Hall–Kier alpha value is -3.02. The van der Waals surface area contributed by atoms with Crippen molar-refractivity contribution in [3.05, 3.63) is 77.9 Å². The fourth-order valence-electron chi connectivity index (χ4n) is 2.44. The van der Waals surface area contributed by atoms with E-state index < -0.39 is 18.8 Å². The second-order valence-corrected chi connectivity index (χ2v) is 5.69. The molecule has 0 spiro atoms. The van der Waals surface area contributed by atoms with Gasteiger partial charge in [-0.3, -0.25) is 0 Å². The van der Waals surface area contributed by atoms with Gasteiger partial charge < -0.3 is 9.47 Å². The molecular formula is C20H15F3O3. The topological polar surface area (TPSA) is 35.5 Å². The highest BCUT2D eigenvalue weighted by molar-refractivity contribution is 5.89. The van der Waals surface area contributed by atoms with Gasteiger partial charge in [0, 0.05) is 0 Å². The summed E-state index contributed by atoms with van der Waals surface area (Å²) in [6.45, 7) is -1.43. The third kappa shape index (κ3) is 4.75. The van der Waals surface area contributed by atoms with Crippen molar-refractivity contribution < 1.29 is 27.4 Å². The third-order valence-corrected chi connectivity index (χ3v) is 3.66. The van der Waals surface area contributed by atoms with E-state index in [0.717, 1.165) is 10.8 Å². The van der Waals surface area contributed by atoms with Crippen molar-refractivity contribution in [3.8, 4) is 5.75 Å². The van der Waals surface area contributed by atoms with Gasteiger partial charge in [-0.2, -0.15) is 13.2 Å². The summed E-state index contributed by atoms with van der Waals surface area (Å²) in [5.74, 6) is -0.358. The van der Waals surface area contributed by atoms with Crippen LogP contribution in [0.5, 0.6) is 5.75 Å². The lowest BCUT2D eigenvalue weighted by Crippen LogP contribution is -2.20. The zero-order valence-corrected chi connectivity index (χ0v) is 13.6. The lowest BCUT2D eigenvalue weighted by atomic mass is 10.1. The highest BCUT2D eigenvalue weighted by atomic mass is 19.4. The number of ether oxygens (including phenoxy) is 2. The van der Waals surface area contributed by atoms with Crippen molar-refractivity contribution in [2.75, 3.05) is 6.61 Å². The first-order chi connectivity index (χ1) is 12.4. The molecule has 0 unspecified atom stereocenters. The van der Waals surface area contributed by atoms with Gasteiger partial charge in [0.15, 0.2) is 6.61 Å². The molecule has 0 atom stereocenters. The van der Waals surface area contributed by atoms with Crippen molar-refractivity contribution in [1.29, 1.82) is 0 Å². The average Bonchev–Trinajstić information content (AvgIpc) is 2.64. The molecule has 3 aromatic carbocycles. The minimum Gasteiger partial charge on any atom is -0.489 e. The van der Waals surface area contributed by atoms with Crippen molar-refractivity contribution in [2.24, 2.45) is 0 Å². The van der Waals surface area contributed by atoms with Crippen LogP contribution >= 0.6 is 0 Å². The maximum absolute atomic E-state index is 12.1. The van der Waals surface area contributed by atoms with Crippen LogP contribution < -0.4 is 4.74 Å².